The zero-order valence-corrected chi connectivity index (χ0v) is 19.8. The number of fused-ring (bicyclic) bond motifs is 1. The molecule has 0 N–H and O–H groups in total. The van der Waals surface area contributed by atoms with Gasteiger partial charge in [0.05, 0.1) is 19.3 Å². The van der Waals surface area contributed by atoms with Gasteiger partial charge in [-0.15, -0.1) is 0 Å². The van der Waals surface area contributed by atoms with Crippen molar-refractivity contribution in [2.24, 2.45) is 0 Å². The van der Waals surface area contributed by atoms with Crippen LogP contribution in [0.15, 0.2) is 72.9 Å². The molecule has 3 heterocycles. The van der Waals surface area contributed by atoms with Crippen molar-refractivity contribution in [2.75, 3.05) is 33.4 Å². The molecule has 0 bridgehead atoms. The molecule has 2 atom stereocenters. The quantitative estimate of drug-likeness (QED) is 0.530. The smallest absolute Gasteiger partial charge is 0.254 e. The van der Waals surface area contributed by atoms with Gasteiger partial charge in [0.1, 0.15) is 12.4 Å². The number of nitrogens with zero attached hydrogens (tertiary/aromatic N) is 3. The van der Waals surface area contributed by atoms with Gasteiger partial charge in [-0.2, -0.15) is 0 Å². The Morgan fingerprint density at radius 2 is 1.89 bits per heavy atom. The third kappa shape index (κ3) is 5.05. The molecule has 2 saturated heterocycles. The summed E-state index contributed by atoms with van der Waals surface area (Å²) in [5.74, 6) is 0.716. The van der Waals surface area contributed by atoms with E-state index < -0.39 is 0 Å². The Morgan fingerprint density at radius 3 is 2.71 bits per heavy atom. The average Bonchev–Trinajstić information content (AvgIpc) is 3.33. The molecule has 0 unspecified atom stereocenters. The number of rotatable bonds is 7. The molecule has 2 fully saturated rings. The monoisotopic (exact) mass is 471 g/mol. The van der Waals surface area contributed by atoms with E-state index in [1.165, 1.54) is 5.56 Å². The minimum Gasteiger partial charge on any atom is -0.496 e. The van der Waals surface area contributed by atoms with Crippen LogP contribution in [0, 0.1) is 0 Å². The van der Waals surface area contributed by atoms with Gasteiger partial charge < -0.3 is 19.3 Å². The van der Waals surface area contributed by atoms with Gasteiger partial charge in [0.25, 0.3) is 5.91 Å². The topological polar surface area (TPSA) is 72.0 Å². The van der Waals surface area contributed by atoms with Crippen LogP contribution >= 0.6 is 0 Å². The second-order valence-electron chi connectivity index (χ2n) is 8.97. The Labute approximate surface area is 205 Å². The van der Waals surface area contributed by atoms with Gasteiger partial charge in [-0.05, 0) is 30.2 Å². The van der Waals surface area contributed by atoms with E-state index in [1.54, 1.807) is 24.3 Å². The van der Waals surface area contributed by atoms with E-state index in [1.807, 2.05) is 53.4 Å². The van der Waals surface area contributed by atoms with Gasteiger partial charge in [-0.1, -0.05) is 48.5 Å². The lowest BCUT2D eigenvalue weighted by molar-refractivity contribution is -0.152. The number of carbonyl (C=O) groups excluding carboxylic acids is 2. The van der Waals surface area contributed by atoms with E-state index >= 15 is 0 Å². The standard InChI is InChI=1S/C28H29N3O4/c1-34-25-10-6-5-9-21(25)15-23-16-22(11-13-29-23)28(33)30-17-24-26(18-30)35-19-27(32)31(24)14-12-20-7-3-2-4-8-20/h2-11,13,16,24,26H,12,14-15,17-19H2,1H3/t24-,26-/m0/s1. The van der Waals surface area contributed by atoms with Crippen LogP contribution < -0.4 is 4.74 Å². The van der Waals surface area contributed by atoms with E-state index in [2.05, 4.69) is 17.1 Å². The highest BCUT2D eigenvalue weighted by molar-refractivity contribution is 5.94. The highest BCUT2D eigenvalue weighted by atomic mass is 16.5. The summed E-state index contributed by atoms with van der Waals surface area (Å²) in [5, 5.41) is 0. The number of amides is 2. The molecule has 0 spiro atoms. The SMILES string of the molecule is COc1ccccc1Cc1cc(C(=O)N2C[C@@H]3OCC(=O)N(CCc4ccccc4)[C@H]3C2)ccn1. The average molecular weight is 472 g/mol. The van der Waals surface area contributed by atoms with Crippen LogP contribution in [0.5, 0.6) is 5.75 Å². The third-order valence-electron chi connectivity index (χ3n) is 6.78. The van der Waals surface area contributed by atoms with Gasteiger partial charge in [-0.25, -0.2) is 0 Å². The highest BCUT2D eigenvalue weighted by Gasteiger charge is 2.44. The Hall–Kier alpha value is -3.71. The van der Waals surface area contributed by atoms with Crippen molar-refractivity contribution in [1.82, 2.24) is 14.8 Å². The van der Waals surface area contributed by atoms with Gasteiger partial charge in [-0.3, -0.25) is 14.6 Å². The maximum atomic E-state index is 13.4. The summed E-state index contributed by atoms with van der Waals surface area (Å²) in [4.78, 5) is 34.2. The van der Waals surface area contributed by atoms with Crippen LogP contribution in [0.2, 0.25) is 0 Å². The van der Waals surface area contributed by atoms with Gasteiger partial charge in [0.15, 0.2) is 0 Å². The Kier molecular flexibility index (Phi) is 6.77. The summed E-state index contributed by atoms with van der Waals surface area (Å²) < 4.78 is 11.3. The van der Waals surface area contributed by atoms with Crippen molar-refractivity contribution in [3.8, 4) is 5.75 Å². The summed E-state index contributed by atoms with van der Waals surface area (Å²) in [6.45, 7) is 1.63. The Bertz CT molecular complexity index is 1200. The van der Waals surface area contributed by atoms with Crippen molar-refractivity contribution >= 4 is 11.8 Å². The predicted molar refractivity (Wildman–Crippen MR) is 131 cm³/mol. The molecule has 0 saturated carbocycles. The Morgan fingerprint density at radius 1 is 1.09 bits per heavy atom. The van der Waals surface area contributed by atoms with Gasteiger partial charge >= 0.3 is 0 Å². The first kappa shape index (κ1) is 23.1. The fourth-order valence-corrected chi connectivity index (χ4v) is 4.95. The molecule has 1 aromatic heterocycles. The van der Waals surface area contributed by atoms with Crippen molar-refractivity contribution in [1.29, 1.82) is 0 Å². The lowest BCUT2D eigenvalue weighted by Gasteiger charge is -2.36. The zero-order valence-electron chi connectivity index (χ0n) is 19.8. The second-order valence-corrected chi connectivity index (χ2v) is 8.97. The molecule has 7 nitrogen and oxygen atoms in total. The molecule has 3 aromatic rings. The van der Waals surface area contributed by atoms with E-state index in [0.717, 1.165) is 23.4 Å². The highest BCUT2D eigenvalue weighted by Crippen LogP contribution is 2.26. The van der Waals surface area contributed by atoms with Crippen molar-refractivity contribution in [3.63, 3.8) is 0 Å². The molecule has 7 heteroatoms. The van der Waals surface area contributed by atoms with E-state index in [0.29, 0.717) is 31.6 Å². The van der Waals surface area contributed by atoms with E-state index in [4.69, 9.17) is 9.47 Å². The van der Waals surface area contributed by atoms with Crippen LogP contribution in [0.25, 0.3) is 0 Å². The maximum absolute atomic E-state index is 13.4. The number of benzene rings is 2. The fraction of sp³-hybridized carbons (Fsp3) is 0.321. The molecule has 180 valence electrons. The van der Waals surface area contributed by atoms with Crippen LogP contribution in [0.3, 0.4) is 0 Å². The maximum Gasteiger partial charge on any atom is 0.254 e. The second kappa shape index (κ2) is 10.3. The number of likely N-dealkylation sites (tertiary alicyclic amines) is 1. The molecule has 5 rings (SSSR count). The molecule has 2 aliphatic heterocycles. The van der Waals surface area contributed by atoms with Crippen molar-refractivity contribution in [3.05, 3.63) is 95.3 Å². The van der Waals surface area contributed by atoms with Crippen LogP contribution in [-0.2, 0) is 22.4 Å². The first-order valence-corrected chi connectivity index (χ1v) is 11.9. The first-order chi connectivity index (χ1) is 17.1. The summed E-state index contributed by atoms with van der Waals surface area (Å²) in [6, 6.07) is 21.4. The first-order valence-electron chi connectivity index (χ1n) is 11.9. The molecular formula is C28H29N3O4. The largest absolute Gasteiger partial charge is 0.496 e. The van der Waals surface area contributed by atoms with Crippen molar-refractivity contribution in [2.45, 2.75) is 25.0 Å². The summed E-state index contributed by atoms with van der Waals surface area (Å²) in [5.41, 5.74) is 3.59. The molecular weight excluding hydrogens is 442 g/mol. The number of pyridine rings is 1. The molecule has 2 aliphatic rings. The molecule has 2 amide bonds. The van der Waals surface area contributed by atoms with Gasteiger partial charge in [0.2, 0.25) is 5.91 Å². The van der Waals surface area contributed by atoms with E-state index in [9.17, 15) is 9.59 Å². The Balaban J connectivity index is 1.27. The summed E-state index contributed by atoms with van der Waals surface area (Å²) in [7, 11) is 1.65. The lowest BCUT2D eigenvalue weighted by Crippen LogP contribution is -2.54. The van der Waals surface area contributed by atoms with Gasteiger partial charge in [0, 0.05) is 49.1 Å². The summed E-state index contributed by atoms with van der Waals surface area (Å²) in [6.07, 6.45) is 2.86. The molecule has 0 radical (unpaired) electrons. The molecule has 35 heavy (non-hydrogen) atoms. The number of hydrogen-bond donors (Lipinski definition) is 0. The van der Waals surface area contributed by atoms with Crippen molar-refractivity contribution < 1.29 is 19.1 Å². The van der Waals surface area contributed by atoms with E-state index in [-0.39, 0.29) is 30.6 Å². The number of morpholine rings is 1. The lowest BCUT2D eigenvalue weighted by atomic mass is 10.1. The van der Waals surface area contributed by atoms with Crippen LogP contribution in [-0.4, -0.2) is 72.1 Å². The number of aromatic nitrogens is 1. The molecule has 2 aromatic carbocycles. The third-order valence-corrected chi connectivity index (χ3v) is 6.78. The zero-order chi connectivity index (χ0) is 24.2. The number of ether oxygens (including phenoxy) is 2. The number of hydrogen-bond acceptors (Lipinski definition) is 5. The minimum absolute atomic E-state index is 0.0144. The number of methoxy groups -OCH3 is 1. The van der Waals surface area contributed by atoms with Crippen LogP contribution in [0.1, 0.15) is 27.2 Å². The number of para-hydroxylation sites is 1. The normalized spacial score (nSPS) is 19.5. The minimum atomic E-state index is -0.165. The molecule has 0 aliphatic carbocycles. The number of carbonyl (C=O) groups is 2. The summed E-state index contributed by atoms with van der Waals surface area (Å²) >= 11 is 0. The van der Waals surface area contributed by atoms with Crippen LogP contribution in [0.4, 0.5) is 0 Å². The predicted octanol–water partition coefficient (Wildman–Crippen LogP) is 2.98. The fourth-order valence-electron chi connectivity index (χ4n) is 4.95.